The molecule has 4 heteroatoms. The van der Waals surface area contributed by atoms with Gasteiger partial charge in [0.25, 0.3) is 0 Å². The average molecular weight is 205 g/mol. The molecule has 0 fully saturated rings. The molecule has 0 saturated heterocycles. The van der Waals surface area contributed by atoms with E-state index in [1.54, 1.807) is 30.3 Å². The smallest absolute Gasteiger partial charge is 0.339 e. The molecule has 0 unspecified atom stereocenters. The summed E-state index contributed by atoms with van der Waals surface area (Å²) in [6, 6.07) is 8.55. The summed E-state index contributed by atoms with van der Waals surface area (Å²) in [5, 5.41) is 2.33. The van der Waals surface area contributed by atoms with Gasteiger partial charge in [-0.05, 0) is 18.2 Å². The van der Waals surface area contributed by atoms with E-state index in [2.05, 4.69) is 11.9 Å². The topological polar surface area (TPSA) is 55.4 Å². The van der Waals surface area contributed by atoms with E-state index in [1.165, 1.54) is 0 Å². The molecule has 78 valence electrons. The molecule has 0 saturated carbocycles. The van der Waals surface area contributed by atoms with Gasteiger partial charge in [0.2, 0.25) is 5.91 Å². The number of benzene rings is 1. The van der Waals surface area contributed by atoms with Crippen LogP contribution in [-0.2, 0) is 9.53 Å². The first-order valence-corrected chi connectivity index (χ1v) is 4.36. The van der Waals surface area contributed by atoms with Crippen molar-refractivity contribution in [1.29, 1.82) is 0 Å². The summed E-state index contributed by atoms with van der Waals surface area (Å²) in [5.41, 5.74) is 0.449. The van der Waals surface area contributed by atoms with Crippen LogP contribution in [0.1, 0.15) is 10.4 Å². The second-order valence-corrected chi connectivity index (χ2v) is 2.69. The zero-order valence-electron chi connectivity index (χ0n) is 8.10. The third kappa shape index (κ3) is 3.64. The summed E-state index contributed by atoms with van der Waals surface area (Å²) in [6.45, 7) is 3.11. The molecule has 1 N–H and O–H groups in total. The van der Waals surface area contributed by atoms with E-state index < -0.39 is 5.97 Å². The number of rotatable bonds is 4. The largest absolute Gasteiger partial charge is 0.441 e. The van der Waals surface area contributed by atoms with Gasteiger partial charge in [-0.2, -0.15) is 0 Å². The second kappa shape index (κ2) is 5.59. The number of hydrogen-bond acceptors (Lipinski definition) is 3. The van der Waals surface area contributed by atoms with E-state index in [0.29, 0.717) is 5.56 Å². The molecule has 0 heterocycles. The molecule has 1 rings (SSSR count). The van der Waals surface area contributed by atoms with Gasteiger partial charge in [0.05, 0.1) is 5.56 Å². The number of ether oxygens (including phenoxy) is 1. The molecule has 0 spiro atoms. The number of esters is 1. The quantitative estimate of drug-likeness (QED) is 0.455. The fraction of sp³-hybridized carbons (Fsp3) is 0.0909. The van der Waals surface area contributed by atoms with Crippen molar-refractivity contribution in [3.8, 4) is 0 Å². The lowest BCUT2D eigenvalue weighted by Gasteiger charge is -2.04. The fourth-order valence-electron chi connectivity index (χ4n) is 0.902. The maximum Gasteiger partial charge on any atom is 0.339 e. The monoisotopic (exact) mass is 205 g/mol. The Morgan fingerprint density at radius 1 is 1.33 bits per heavy atom. The lowest BCUT2D eigenvalue weighted by Crippen LogP contribution is -2.25. The molecular weight excluding hydrogens is 194 g/mol. The van der Waals surface area contributed by atoms with E-state index in [-0.39, 0.29) is 12.6 Å². The first-order chi connectivity index (χ1) is 7.24. The molecule has 0 aliphatic carbocycles. The van der Waals surface area contributed by atoms with Crippen LogP contribution < -0.4 is 5.32 Å². The van der Waals surface area contributed by atoms with Gasteiger partial charge in [-0.25, -0.2) is 4.79 Å². The van der Waals surface area contributed by atoms with Crippen LogP contribution in [0.15, 0.2) is 43.0 Å². The molecule has 1 amide bonds. The third-order valence-electron chi connectivity index (χ3n) is 1.64. The van der Waals surface area contributed by atoms with E-state index in [0.717, 1.165) is 6.08 Å². The Balaban J connectivity index is 2.37. The number of nitrogens with one attached hydrogen (secondary N) is 1. The molecule has 15 heavy (non-hydrogen) atoms. The number of carbonyl (C=O) groups excluding carboxylic acids is 2. The van der Waals surface area contributed by atoms with Crippen LogP contribution in [0.25, 0.3) is 0 Å². The first-order valence-electron chi connectivity index (χ1n) is 4.36. The minimum absolute atomic E-state index is 0.154. The molecule has 1 aromatic rings. The van der Waals surface area contributed by atoms with E-state index >= 15 is 0 Å². The van der Waals surface area contributed by atoms with Gasteiger partial charge in [-0.15, -0.1) is 0 Å². The minimum atomic E-state index is -0.472. The maximum atomic E-state index is 11.3. The van der Waals surface area contributed by atoms with Crippen LogP contribution in [0, 0.1) is 0 Å². The Labute approximate surface area is 87.6 Å². The lowest BCUT2D eigenvalue weighted by atomic mass is 10.2. The van der Waals surface area contributed by atoms with Gasteiger partial charge in [0.1, 0.15) is 0 Å². The SMILES string of the molecule is C=CC(=O)NCOC(=O)c1ccccc1. The molecule has 0 aliphatic heterocycles. The van der Waals surface area contributed by atoms with Gasteiger partial charge in [-0.1, -0.05) is 24.8 Å². The van der Waals surface area contributed by atoms with Crippen molar-refractivity contribution in [2.45, 2.75) is 0 Å². The maximum absolute atomic E-state index is 11.3. The predicted molar refractivity (Wildman–Crippen MR) is 55.1 cm³/mol. The molecular formula is C11H11NO3. The zero-order chi connectivity index (χ0) is 11.1. The van der Waals surface area contributed by atoms with Crippen LogP contribution in [-0.4, -0.2) is 18.6 Å². The number of carbonyl (C=O) groups is 2. The highest BCUT2D eigenvalue weighted by molar-refractivity contribution is 5.90. The average Bonchev–Trinajstić information content (AvgIpc) is 2.29. The molecule has 0 radical (unpaired) electrons. The number of amides is 1. The Bertz CT molecular complexity index is 359. The van der Waals surface area contributed by atoms with Crippen molar-refractivity contribution in [2.24, 2.45) is 0 Å². The highest BCUT2D eigenvalue weighted by Gasteiger charge is 2.05. The molecule has 0 aromatic heterocycles. The molecule has 0 aliphatic rings. The summed E-state index contributed by atoms with van der Waals surface area (Å²) in [5.74, 6) is -0.851. The predicted octanol–water partition coefficient (Wildman–Crippen LogP) is 1.10. The van der Waals surface area contributed by atoms with Crippen LogP contribution in [0.2, 0.25) is 0 Å². The van der Waals surface area contributed by atoms with Crippen LogP contribution >= 0.6 is 0 Å². The normalized spacial score (nSPS) is 9.07. The van der Waals surface area contributed by atoms with Crippen molar-refractivity contribution < 1.29 is 14.3 Å². The fourth-order valence-corrected chi connectivity index (χ4v) is 0.902. The molecule has 1 aromatic carbocycles. The van der Waals surface area contributed by atoms with E-state index in [1.807, 2.05) is 0 Å². The van der Waals surface area contributed by atoms with Gasteiger partial charge in [-0.3, -0.25) is 4.79 Å². The summed E-state index contributed by atoms with van der Waals surface area (Å²) in [6.07, 6.45) is 1.11. The summed E-state index contributed by atoms with van der Waals surface area (Å²) >= 11 is 0. The standard InChI is InChI=1S/C11H11NO3/c1-2-10(13)12-8-15-11(14)9-6-4-3-5-7-9/h2-7H,1,8H2,(H,12,13). The van der Waals surface area contributed by atoms with Gasteiger partial charge in [0.15, 0.2) is 6.73 Å². The Morgan fingerprint density at radius 2 is 2.00 bits per heavy atom. The Morgan fingerprint density at radius 3 is 2.60 bits per heavy atom. The van der Waals surface area contributed by atoms with Gasteiger partial charge >= 0.3 is 5.97 Å². The van der Waals surface area contributed by atoms with E-state index in [4.69, 9.17) is 4.74 Å². The summed E-state index contributed by atoms with van der Waals surface area (Å²) in [4.78, 5) is 22.0. The second-order valence-electron chi connectivity index (χ2n) is 2.69. The highest BCUT2D eigenvalue weighted by atomic mass is 16.5. The van der Waals surface area contributed by atoms with Crippen molar-refractivity contribution in [3.05, 3.63) is 48.6 Å². The summed E-state index contributed by atoms with van der Waals surface area (Å²) in [7, 11) is 0. The van der Waals surface area contributed by atoms with Crippen molar-refractivity contribution in [2.75, 3.05) is 6.73 Å². The van der Waals surface area contributed by atoms with E-state index in [9.17, 15) is 9.59 Å². The van der Waals surface area contributed by atoms with Crippen LogP contribution in [0.5, 0.6) is 0 Å². The van der Waals surface area contributed by atoms with Gasteiger partial charge < -0.3 is 10.1 Å². The highest BCUT2D eigenvalue weighted by Crippen LogP contribution is 1.99. The zero-order valence-corrected chi connectivity index (χ0v) is 8.10. The van der Waals surface area contributed by atoms with Gasteiger partial charge in [0, 0.05) is 0 Å². The molecule has 4 nitrogen and oxygen atoms in total. The molecule has 0 bridgehead atoms. The number of hydrogen-bond donors (Lipinski definition) is 1. The van der Waals surface area contributed by atoms with Crippen molar-refractivity contribution in [1.82, 2.24) is 5.32 Å². The summed E-state index contributed by atoms with van der Waals surface area (Å²) < 4.78 is 4.78. The lowest BCUT2D eigenvalue weighted by molar-refractivity contribution is -0.117. The van der Waals surface area contributed by atoms with Crippen LogP contribution in [0.3, 0.4) is 0 Å². The first kappa shape index (κ1) is 11.0. The minimum Gasteiger partial charge on any atom is -0.441 e. The molecule has 0 atom stereocenters. The Hall–Kier alpha value is -2.10. The third-order valence-corrected chi connectivity index (χ3v) is 1.64. The van der Waals surface area contributed by atoms with Crippen molar-refractivity contribution >= 4 is 11.9 Å². The Kier molecular flexibility index (Phi) is 4.09. The van der Waals surface area contributed by atoms with Crippen LogP contribution in [0.4, 0.5) is 0 Å². The van der Waals surface area contributed by atoms with Crippen molar-refractivity contribution in [3.63, 3.8) is 0 Å².